The van der Waals surface area contributed by atoms with Gasteiger partial charge >= 0.3 is 0 Å². The minimum Gasteiger partial charge on any atom is -0.508 e. The van der Waals surface area contributed by atoms with Crippen LogP contribution in [0.3, 0.4) is 0 Å². The Hall–Kier alpha value is -2.21. The second-order valence-electron chi connectivity index (χ2n) is 7.32. The van der Waals surface area contributed by atoms with Crippen LogP contribution in [0.5, 0.6) is 5.75 Å². The van der Waals surface area contributed by atoms with E-state index in [0.29, 0.717) is 22.6 Å². The molecule has 0 saturated heterocycles. The van der Waals surface area contributed by atoms with Crippen LogP contribution in [0.25, 0.3) is 0 Å². The molecule has 4 rings (SSSR count). The first kappa shape index (κ1) is 21.0. The predicted molar refractivity (Wildman–Crippen MR) is 123 cm³/mol. The van der Waals surface area contributed by atoms with Crippen LogP contribution in [0.4, 0.5) is 4.39 Å². The van der Waals surface area contributed by atoms with Gasteiger partial charge in [-0.1, -0.05) is 58.7 Å². The average Bonchev–Trinajstić information content (AvgIpc) is 2.77. The Morgan fingerprint density at radius 1 is 1.10 bits per heavy atom. The van der Waals surface area contributed by atoms with Crippen LogP contribution >= 0.6 is 27.5 Å². The van der Waals surface area contributed by atoms with Crippen molar-refractivity contribution in [3.05, 3.63) is 98.2 Å². The van der Waals surface area contributed by atoms with Gasteiger partial charge in [0.2, 0.25) is 0 Å². The maximum Gasteiger partial charge on any atom is 0.129 e. The first-order chi connectivity index (χ1) is 14.4. The third kappa shape index (κ3) is 4.43. The summed E-state index contributed by atoms with van der Waals surface area (Å²) in [5, 5.41) is 14.4. The molecule has 2 atom stereocenters. The van der Waals surface area contributed by atoms with Gasteiger partial charge in [0.15, 0.2) is 0 Å². The molecule has 1 aliphatic heterocycles. The van der Waals surface area contributed by atoms with Crippen molar-refractivity contribution in [3.8, 4) is 5.75 Å². The largest absolute Gasteiger partial charge is 0.508 e. The van der Waals surface area contributed by atoms with Crippen LogP contribution in [-0.2, 0) is 6.42 Å². The molecule has 0 amide bonds. The molecule has 0 bridgehead atoms. The standard InChI is InChI=1S/C24H21BrClFN2O/c1-2-14-3-5-15(6-4-14)21-13-22(19-12-17(26)8-10-23(19)30)29-24(28-21)18-11-16(25)7-9-20(18)27/h3-12,22,24,29-30H,2,13H2,1H3/t22-,24+/m0/s1. The SMILES string of the molecule is CCc1ccc(C2=N[C@@H](c3cc(Br)ccc3F)N[C@H](c3cc(Cl)ccc3O)C2)cc1. The summed E-state index contributed by atoms with van der Waals surface area (Å²) in [5.41, 5.74) is 4.19. The highest BCUT2D eigenvalue weighted by molar-refractivity contribution is 9.10. The lowest BCUT2D eigenvalue weighted by Gasteiger charge is -2.31. The van der Waals surface area contributed by atoms with Crippen LogP contribution in [0.15, 0.2) is 70.1 Å². The van der Waals surface area contributed by atoms with Crippen LogP contribution in [-0.4, -0.2) is 10.8 Å². The highest BCUT2D eigenvalue weighted by Gasteiger charge is 2.29. The number of phenolic OH excluding ortho intramolecular Hbond substituents is 1. The van der Waals surface area contributed by atoms with Gasteiger partial charge < -0.3 is 5.11 Å². The van der Waals surface area contributed by atoms with Crippen LogP contribution in [0, 0.1) is 5.82 Å². The summed E-state index contributed by atoms with van der Waals surface area (Å²) in [6.07, 6.45) is 0.908. The lowest BCUT2D eigenvalue weighted by Crippen LogP contribution is -2.33. The number of phenols is 1. The quantitative estimate of drug-likeness (QED) is 0.428. The molecule has 0 unspecified atom stereocenters. The molecule has 0 radical (unpaired) electrons. The number of hydrogen-bond donors (Lipinski definition) is 2. The first-order valence-electron chi connectivity index (χ1n) is 9.80. The van der Waals surface area contributed by atoms with Crippen molar-refractivity contribution in [2.75, 3.05) is 0 Å². The third-order valence-corrected chi connectivity index (χ3v) is 6.08. The summed E-state index contributed by atoms with van der Waals surface area (Å²) in [6.45, 7) is 2.11. The van der Waals surface area contributed by atoms with Crippen molar-refractivity contribution in [1.29, 1.82) is 0 Å². The Labute approximate surface area is 188 Å². The van der Waals surface area contributed by atoms with E-state index in [1.807, 2.05) is 12.1 Å². The van der Waals surface area contributed by atoms with Gasteiger partial charge in [0, 0.05) is 38.8 Å². The lowest BCUT2D eigenvalue weighted by atomic mass is 9.93. The Morgan fingerprint density at radius 2 is 1.87 bits per heavy atom. The minimum atomic E-state index is -0.597. The molecule has 0 aromatic heterocycles. The maximum absolute atomic E-state index is 14.7. The van der Waals surface area contributed by atoms with Crippen molar-refractivity contribution < 1.29 is 9.50 Å². The fourth-order valence-electron chi connectivity index (χ4n) is 3.70. The summed E-state index contributed by atoms with van der Waals surface area (Å²) in [6, 6.07) is 17.8. The molecule has 1 aliphatic rings. The summed E-state index contributed by atoms with van der Waals surface area (Å²) >= 11 is 9.61. The van der Waals surface area contributed by atoms with Crippen molar-refractivity contribution in [1.82, 2.24) is 5.32 Å². The Balaban J connectivity index is 1.79. The lowest BCUT2D eigenvalue weighted by molar-refractivity contribution is 0.405. The molecule has 154 valence electrons. The average molecular weight is 488 g/mol. The third-order valence-electron chi connectivity index (χ3n) is 5.35. The smallest absolute Gasteiger partial charge is 0.129 e. The van der Waals surface area contributed by atoms with E-state index in [9.17, 15) is 9.50 Å². The van der Waals surface area contributed by atoms with E-state index in [-0.39, 0.29) is 17.6 Å². The van der Waals surface area contributed by atoms with E-state index >= 15 is 0 Å². The Kier molecular flexibility index (Phi) is 6.23. The van der Waals surface area contributed by atoms with Gasteiger partial charge in [-0.3, -0.25) is 10.3 Å². The fourth-order valence-corrected chi connectivity index (χ4v) is 4.26. The number of hydrogen-bond acceptors (Lipinski definition) is 3. The Bertz CT molecular complexity index is 1100. The van der Waals surface area contributed by atoms with Crippen LogP contribution in [0.1, 0.15) is 47.8 Å². The number of aryl methyl sites for hydroxylation is 1. The number of aliphatic imine (C=N–C) groups is 1. The maximum atomic E-state index is 14.7. The first-order valence-corrected chi connectivity index (χ1v) is 11.0. The van der Waals surface area contributed by atoms with Crippen LogP contribution < -0.4 is 5.32 Å². The molecule has 2 N–H and O–H groups in total. The topological polar surface area (TPSA) is 44.6 Å². The predicted octanol–water partition coefficient (Wildman–Crippen LogP) is 6.73. The van der Waals surface area contributed by atoms with E-state index in [4.69, 9.17) is 16.6 Å². The molecule has 3 nitrogen and oxygen atoms in total. The number of rotatable bonds is 4. The second-order valence-corrected chi connectivity index (χ2v) is 8.67. The second kappa shape index (κ2) is 8.88. The number of benzene rings is 3. The van der Waals surface area contributed by atoms with E-state index in [0.717, 1.165) is 22.2 Å². The zero-order valence-electron chi connectivity index (χ0n) is 16.4. The highest BCUT2D eigenvalue weighted by atomic mass is 79.9. The molecule has 0 saturated carbocycles. The van der Waals surface area contributed by atoms with E-state index in [2.05, 4.69) is 40.3 Å². The van der Waals surface area contributed by atoms with Crippen molar-refractivity contribution in [2.24, 2.45) is 4.99 Å². The molecular weight excluding hydrogens is 467 g/mol. The van der Waals surface area contributed by atoms with Gasteiger partial charge in [-0.15, -0.1) is 0 Å². The molecule has 0 fully saturated rings. The molecule has 6 heteroatoms. The van der Waals surface area contributed by atoms with E-state index < -0.39 is 6.17 Å². The van der Waals surface area contributed by atoms with Gasteiger partial charge in [0.05, 0.1) is 0 Å². The van der Waals surface area contributed by atoms with Gasteiger partial charge in [-0.25, -0.2) is 4.39 Å². The van der Waals surface area contributed by atoms with Crippen molar-refractivity contribution in [3.63, 3.8) is 0 Å². The van der Waals surface area contributed by atoms with Gasteiger partial charge in [-0.2, -0.15) is 0 Å². The van der Waals surface area contributed by atoms with Gasteiger partial charge in [-0.05, 0) is 53.9 Å². The number of nitrogens with zero attached hydrogens (tertiary/aromatic N) is 1. The van der Waals surface area contributed by atoms with Crippen molar-refractivity contribution in [2.45, 2.75) is 32.0 Å². The molecule has 3 aromatic carbocycles. The monoisotopic (exact) mass is 486 g/mol. The number of aromatic hydroxyl groups is 1. The molecule has 1 heterocycles. The number of halogens is 3. The molecule has 0 aliphatic carbocycles. The van der Waals surface area contributed by atoms with E-state index in [1.54, 1.807) is 30.3 Å². The normalized spacial score (nSPS) is 18.9. The van der Waals surface area contributed by atoms with E-state index in [1.165, 1.54) is 11.6 Å². The van der Waals surface area contributed by atoms with Gasteiger partial charge in [0.25, 0.3) is 0 Å². The Morgan fingerprint density at radius 3 is 2.60 bits per heavy atom. The van der Waals surface area contributed by atoms with Gasteiger partial charge in [0.1, 0.15) is 17.7 Å². The summed E-state index contributed by atoms with van der Waals surface area (Å²) in [7, 11) is 0. The molecule has 30 heavy (non-hydrogen) atoms. The van der Waals surface area contributed by atoms with Crippen LogP contribution in [0.2, 0.25) is 5.02 Å². The zero-order chi connectivity index (χ0) is 21.3. The molecule has 3 aromatic rings. The summed E-state index contributed by atoms with van der Waals surface area (Å²) in [4.78, 5) is 4.84. The molecular formula is C24H21BrClFN2O. The fraction of sp³-hybridized carbons (Fsp3) is 0.208. The van der Waals surface area contributed by atoms with Crippen molar-refractivity contribution >= 4 is 33.2 Å². The summed E-state index contributed by atoms with van der Waals surface area (Å²) in [5.74, 6) is -0.191. The highest BCUT2D eigenvalue weighted by Crippen LogP contribution is 2.36. The zero-order valence-corrected chi connectivity index (χ0v) is 18.7. The summed E-state index contributed by atoms with van der Waals surface area (Å²) < 4.78 is 15.4. The molecule has 0 spiro atoms. The number of nitrogens with one attached hydrogen (secondary N) is 1. The minimum absolute atomic E-state index is 0.146.